The first-order valence-corrected chi connectivity index (χ1v) is 5.37. The van der Waals surface area contributed by atoms with E-state index in [0.29, 0.717) is 16.3 Å². The van der Waals surface area contributed by atoms with E-state index in [1.54, 1.807) is 18.3 Å². The Balaban J connectivity index is 2.46. The van der Waals surface area contributed by atoms with Crippen molar-refractivity contribution in [3.63, 3.8) is 0 Å². The van der Waals surface area contributed by atoms with Crippen molar-refractivity contribution in [2.75, 3.05) is 5.73 Å². The van der Waals surface area contributed by atoms with Crippen molar-refractivity contribution in [2.24, 2.45) is 0 Å². The summed E-state index contributed by atoms with van der Waals surface area (Å²) in [4.78, 5) is 16.7. The SMILES string of the molecule is Cc1ccsc1C(=O)c1ncccc1N. The fourth-order valence-corrected chi connectivity index (χ4v) is 2.19. The highest BCUT2D eigenvalue weighted by atomic mass is 32.1. The molecule has 15 heavy (non-hydrogen) atoms. The van der Waals surface area contributed by atoms with Gasteiger partial charge in [-0.2, -0.15) is 0 Å². The third-order valence-electron chi connectivity index (χ3n) is 2.12. The van der Waals surface area contributed by atoms with Gasteiger partial charge in [-0.15, -0.1) is 11.3 Å². The molecular weight excluding hydrogens is 208 g/mol. The molecule has 3 nitrogen and oxygen atoms in total. The fourth-order valence-electron chi connectivity index (χ4n) is 1.32. The number of rotatable bonds is 2. The number of nitrogen functional groups attached to an aromatic ring is 1. The first-order valence-electron chi connectivity index (χ1n) is 4.49. The molecule has 0 atom stereocenters. The monoisotopic (exact) mass is 218 g/mol. The van der Waals surface area contributed by atoms with Crippen molar-refractivity contribution in [1.82, 2.24) is 4.98 Å². The molecule has 76 valence electrons. The Morgan fingerprint density at radius 1 is 1.47 bits per heavy atom. The fraction of sp³-hybridized carbons (Fsp3) is 0.0909. The van der Waals surface area contributed by atoms with Gasteiger partial charge in [0.25, 0.3) is 0 Å². The first-order chi connectivity index (χ1) is 7.20. The molecule has 2 N–H and O–H groups in total. The Morgan fingerprint density at radius 2 is 2.27 bits per heavy atom. The predicted octanol–water partition coefficient (Wildman–Crippen LogP) is 2.26. The summed E-state index contributed by atoms with van der Waals surface area (Å²) in [6, 6.07) is 5.31. The van der Waals surface area contributed by atoms with E-state index in [1.165, 1.54) is 11.3 Å². The molecule has 2 aromatic heterocycles. The second kappa shape index (κ2) is 3.82. The number of anilines is 1. The molecule has 0 aliphatic carbocycles. The van der Waals surface area contributed by atoms with Gasteiger partial charge >= 0.3 is 0 Å². The quantitative estimate of drug-likeness (QED) is 0.787. The molecular formula is C11H10N2OS. The average Bonchev–Trinajstić information content (AvgIpc) is 2.64. The summed E-state index contributed by atoms with van der Waals surface area (Å²) in [6.45, 7) is 1.91. The van der Waals surface area contributed by atoms with E-state index in [9.17, 15) is 4.79 Å². The third-order valence-corrected chi connectivity index (χ3v) is 3.14. The minimum atomic E-state index is -0.0967. The highest BCUT2D eigenvalue weighted by molar-refractivity contribution is 7.12. The molecule has 2 aromatic rings. The lowest BCUT2D eigenvalue weighted by Gasteiger charge is -2.01. The molecule has 0 radical (unpaired) electrons. The lowest BCUT2D eigenvalue weighted by Crippen LogP contribution is -2.07. The lowest BCUT2D eigenvalue weighted by atomic mass is 10.1. The van der Waals surface area contributed by atoms with E-state index < -0.39 is 0 Å². The Hall–Kier alpha value is -1.68. The third kappa shape index (κ3) is 1.76. The van der Waals surface area contributed by atoms with E-state index in [-0.39, 0.29) is 5.78 Å². The number of aromatic nitrogens is 1. The number of ketones is 1. The van der Waals surface area contributed by atoms with Crippen LogP contribution in [0.1, 0.15) is 20.9 Å². The lowest BCUT2D eigenvalue weighted by molar-refractivity contribution is 0.103. The maximum absolute atomic E-state index is 12.0. The van der Waals surface area contributed by atoms with Gasteiger partial charge in [-0.1, -0.05) is 0 Å². The number of thiophene rings is 1. The molecule has 0 bridgehead atoms. The van der Waals surface area contributed by atoms with E-state index in [0.717, 1.165) is 5.56 Å². The molecule has 0 aromatic carbocycles. The van der Waals surface area contributed by atoms with Crippen LogP contribution in [0, 0.1) is 6.92 Å². The highest BCUT2D eigenvalue weighted by Gasteiger charge is 2.16. The summed E-state index contributed by atoms with van der Waals surface area (Å²) in [6.07, 6.45) is 1.58. The Labute approximate surface area is 91.6 Å². The molecule has 0 saturated carbocycles. The minimum Gasteiger partial charge on any atom is -0.397 e. The number of carbonyl (C=O) groups excluding carboxylic acids is 1. The summed E-state index contributed by atoms with van der Waals surface area (Å²) in [5.74, 6) is -0.0967. The van der Waals surface area contributed by atoms with Crippen molar-refractivity contribution in [3.8, 4) is 0 Å². The molecule has 0 fully saturated rings. The summed E-state index contributed by atoms with van der Waals surface area (Å²) >= 11 is 1.42. The van der Waals surface area contributed by atoms with Gasteiger partial charge in [0.05, 0.1) is 10.6 Å². The molecule has 4 heteroatoms. The standard InChI is InChI=1S/C11H10N2OS/c1-7-4-6-15-11(7)10(14)9-8(12)3-2-5-13-9/h2-6H,12H2,1H3. The van der Waals surface area contributed by atoms with Crippen molar-refractivity contribution >= 4 is 22.8 Å². The Kier molecular flexibility index (Phi) is 2.51. The van der Waals surface area contributed by atoms with Crippen LogP contribution in [0.5, 0.6) is 0 Å². The number of nitrogens with zero attached hydrogens (tertiary/aromatic N) is 1. The molecule has 2 rings (SSSR count). The summed E-state index contributed by atoms with van der Waals surface area (Å²) in [5.41, 5.74) is 7.43. The smallest absolute Gasteiger partial charge is 0.223 e. The van der Waals surface area contributed by atoms with Crippen LogP contribution in [0.4, 0.5) is 5.69 Å². The number of hydrogen-bond acceptors (Lipinski definition) is 4. The zero-order valence-corrected chi connectivity index (χ0v) is 9.04. The average molecular weight is 218 g/mol. The van der Waals surface area contributed by atoms with Crippen LogP contribution in [-0.4, -0.2) is 10.8 Å². The van der Waals surface area contributed by atoms with Gasteiger partial charge in [0.2, 0.25) is 5.78 Å². The minimum absolute atomic E-state index is 0.0967. The summed E-state index contributed by atoms with van der Waals surface area (Å²) in [5, 5.41) is 1.89. The normalized spacial score (nSPS) is 10.2. The summed E-state index contributed by atoms with van der Waals surface area (Å²) in [7, 11) is 0. The maximum Gasteiger partial charge on any atom is 0.223 e. The maximum atomic E-state index is 12.0. The van der Waals surface area contributed by atoms with Crippen LogP contribution in [0.15, 0.2) is 29.8 Å². The van der Waals surface area contributed by atoms with Gasteiger partial charge in [-0.05, 0) is 36.1 Å². The largest absolute Gasteiger partial charge is 0.397 e. The molecule has 0 saturated heterocycles. The van der Waals surface area contributed by atoms with Crippen LogP contribution in [0.25, 0.3) is 0 Å². The molecule has 0 aliphatic rings. The van der Waals surface area contributed by atoms with Crippen LogP contribution >= 0.6 is 11.3 Å². The molecule has 0 spiro atoms. The van der Waals surface area contributed by atoms with E-state index in [2.05, 4.69) is 4.98 Å². The zero-order valence-electron chi connectivity index (χ0n) is 8.23. The van der Waals surface area contributed by atoms with Gasteiger partial charge in [0, 0.05) is 6.20 Å². The topological polar surface area (TPSA) is 56.0 Å². The van der Waals surface area contributed by atoms with Gasteiger partial charge in [-0.25, -0.2) is 0 Å². The molecule has 0 amide bonds. The molecule has 0 unspecified atom stereocenters. The van der Waals surface area contributed by atoms with Crippen molar-refractivity contribution < 1.29 is 4.79 Å². The highest BCUT2D eigenvalue weighted by Crippen LogP contribution is 2.21. The van der Waals surface area contributed by atoms with Crippen molar-refractivity contribution in [1.29, 1.82) is 0 Å². The Bertz CT molecular complexity index is 505. The van der Waals surface area contributed by atoms with E-state index >= 15 is 0 Å². The van der Waals surface area contributed by atoms with Gasteiger partial charge in [-0.3, -0.25) is 9.78 Å². The van der Waals surface area contributed by atoms with E-state index in [4.69, 9.17) is 5.73 Å². The molecule has 0 aliphatic heterocycles. The van der Waals surface area contributed by atoms with Crippen molar-refractivity contribution in [3.05, 3.63) is 45.9 Å². The second-order valence-electron chi connectivity index (χ2n) is 3.20. The van der Waals surface area contributed by atoms with Gasteiger partial charge < -0.3 is 5.73 Å². The first kappa shape index (κ1) is 9.86. The number of carbonyl (C=O) groups is 1. The predicted molar refractivity (Wildman–Crippen MR) is 61.1 cm³/mol. The van der Waals surface area contributed by atoms with Crippen LogP contribution < -0.4 is 5.73 Å². The van der Waals surface area contributed by atoms with Gasteiger partial charge in [0.1, 0.15) is 5.69 Å². The Morgan fingerprint density at radius 3 is 2.87 bits per heavy atom. The number of aryl methyl sites for hydroxylation is 1. The second-order valence-corrected chi connectivity index (χ2v) is 4.12. The number of pyridine rings is 1. The molecule has 2 heterocycles. The summed E-state index contributed by atoms with van der Waals surface area (Å²) < 4.78 is 0. The van der Waals surface area contributed by atoms with Crippen LogP contribution in [0.2, 0.25) is 0 Å². The number of hydrogen-bond donors (Lipinski definition) is 1. The zero-order chi connectivity index (χ0) is 10.8. The van der Waals surface area contributed by atoms with Crippen molar-refractivity contribution in [2.45, 2.75) is 6.92 Å². The van der Waals surface area contributed by atoms with Gasteiger partial charge in [0.15, 0.2) is 0 Å². The van der Waals surface area contributed by atoms with Crippen LogP contribution in [-0.2, 0) is 0 Å². The number of nitrogens with two attached hydrogens (primary N) is 1. The van der Waals surface area contributed by atoms with E-state index in [1.807, 2.05) is 18.4 Å². The van der Waals surface area contributed by atoms with Crippen LogP contribution in [0.3, 0.4) is 0 Å².